The molecule has 1 aliphatic rings. The van der Waals surface area contributed by atoms with E-state index in [0.29, 0.717) is 24.2 Å². The molecule has 1 saturated heterocycles. The number of benzene rings is 1. The SMILES string of the molecule is Cc1ccc(CO)cc1S(=O)(=O)NN1CCN(C)CC1. The average molecular weight is 299 g/mol. The van der Waals surface area contributed by atoms with Crippen molar-refractivity contribution in [1.82, 2.24) is 14.7 Å². The Morgan fingerprint density at radius 2 is 1.90 bits per heavy atom. The Morgan fingerprint density at radius 3 is 2.50 bits per heavy atom. The molecule has 2 N–H and O–H groups in total. The Balaban J connectivity index is 2.18. The van der Waals surface area contributed by atoms with Gasteiger partial charge in [0.25, 0.3) is 10.0 Å². The summed E-state index contributed by atoms with van der Waals surface area (Å²) in [7, 11) is -1.58. The highest BCUT2D eigenvalue weighted by Gasteiger charge is 2.23. The molecule has 20 heavy (non-hydrogen) atoms. The Hall–Kier alpha value is -0.990. The Bertz CT molecular complexity index is 566. The maximum Gasteiger partial charge on any atom is 0.253 e. The molecule has 2 rings (SSSR count). The van der Waals surface area contributed by atoms with Crippen LogP contribution < -0.4 is 4.83 Å². The summed E-state index contributed by atoms with van der Waals surface area (Å²) in [5.74, 6) is 0. The van der Waals surface area contributed by atoms with E-state index in [1.54, 1.807) is 24.1 Å². The number of aryl methyl sites for hydroxylation is 1. The maximum atomic E-state index is 12.4. The van der Waals surface area contributed by atoms with Crippen LogP contribution >= 0.6 is 0 Å². The lowest BCUT2D eigenvalue weighted by Crippen LogP contribution is -2.52. The Kier molecular flexibility index (Phi) is 4.77. The van der Waals surface area contributed by atoms with Gasteiger partial charge >= 0.3 is 0 Å². The van der Waals surface area contributed by atoms with E-state index < -0.39 is 10.0 Å². The standard InChI is InChI=1S/C13H21N3O3S/c1-11-3-4-12(10-17)9-13(11)20(18,19)14-16-7-5-15(2)6-8-16/h3-4,9,14,17H,5-8,10H2,1-2H3. The van der Waals surface area contributed by atoms with Crippen molar-refractivity contribution in [2.45, 2.75) is 18.4 Å². The molecule has 1 aromatic carbocycles. The summed E-state index contributed by atoms with van der Waals surface area (Å²) in [6, 6.07) is 4.96. The molecular weight excluding hydrogens is 278 g/mol. The molecule has 1 aromatic rings. The smallest absolute Gasteiger partial charge is 0.253 e. The van der Waals surface area contributed by atoms with Gasteiger partial charge in [-0.1, -0.05) is 12.1 Å². The van der Waals surface area contributed by atoms with Crippen molar-refractivity contribution in [2.75, 3.05) is 33.2 Å². The molecular formula is C13H21N3O3S. The summed E-state index contributed by atoms with van der Waals surface area (Å²) in [5, 5.41) is 10.9. The molecule has 0 spiro atoms. The number of piperazine rings is 1. The van der Waals surface area contributed by atoms with Crippen molar-refractivity contribution < 1.29 is 13.5 Å². The molecule has 0 saturated carbocycles. The lowest BCUT2D eigenvalue weighted by Gasteiger charge is -2.32. The molecule has 0 unspecified atom stereocenters. The zero-order valence-corrected chi connectivity index (χ0v) is 12.7. The van der Waals surface area contributed by atoms with Gasteiger partial charge in [0.1, 0.15) is 0 Å². The van der Waals surface area contributed by atoms with Crippen LogP contribution in [0.3, 0.4) is 0 Å². The van der Waals surface area contributed by atoms with Crippen LogP contribution in [0, 0.1) is 6.92 Å². The highest BCUT2D eigenvalue weighted by atomic mass is 32.2. The minimum Gasteiger partial charge on any atom is -0.392 e. The molecule has 0 atom stereocenters. The summed E-state index contributed by atoms with van der Waals surface area (Å²) in [6.45, 7) is 4.57. The van der Waals surface area contributed by atoms with E-state index in [4.69, 9.17) is 5.11 Å². The van der Waals surface area contributed by atoms with E-state index in [-0.39, 0.29) is 11.5 Å². The normalized spacial score (nSPS) is 18.4. The number of hydrogen-bond acceptors (Lipinski definition) is 5. The fourth-order valence-corrected chi connectivity index (χ4v) is 3.57. The topological polar surface area (TPSA) is 72.9 Å². The predicted octanol–water partition coefficient (Wildman–Crippen LogP) is -0.0720. The van der Waals surface area contributed by atoms with Crippen LogP contribution in [0.1, 0.15) is 11.1 Å². The molecule has 112 valence electrons. The van der Waals surface area contributed by atoms with Gasteiger partial charge in [-0.05, 0) is 31.2 Å². The number of sulfonamides is 1. The van der Waals surface area contributed by atoms with Crippen molar-refractivity contribution in [3.8, 4) is 0 Å². The number of hydrogen-bond donors (Lipinski definition) is 2. The molecule has 7 heteroatoms. The fraction of sp³-hybridized carbons (Fsp3) is 0.538. The minimum atomic E-state index is -3.59. The second-order valence-corrected chi connectivity index (χ2v) is 6.77. The van der Waals surface area contributed by atoms with E-state index in [1.165, 1.54) is 6.07 Å². The first-order valence-corrected chi connectivity index (χ1v) is 8.07. The van der Waals surface area contributed by atoms with E-state index in [1.807, 2.05) is 7.05 Å². The first kappa shape index (κ1) is 15.4. The van der Waals surface area contributed by atoms with Gasteiger partial charge in [-0.15, -0.1) is 4.83 Å². The van der Waals surface area contributed by atoms with Crippen molar-refractivity contribution >= 4 is 10.0 Å². The van der Waals surface area contributed by atoms with Crippen molar-refractivity contribution in [3.63, 3.8) is 0 Å². The summed E-state index contributed by atoms with van der Waals surface area (Å²) >= 11 is 0. The van der Waals surface area contributed by atoms with E-state index in [0.717, 1.165) is 13.1 Å². The summed E-state index contributed by atoms with van der Waals surface area (Å²) in [5.41, 5.74) is 1.26. The molecule has 0 bridgehead atoms. The first-order chi connectivity index (χ1) is 9.42. The number of aliphatic hydroxyl groups excluding tert-OH is 1. The van der Waals surface area contributed by atoms with Crippen molar-refractivity contribution in [1.29, 1.82) is 0 Å². The Morgan fingerprint density at radius 1 is 1.25 bits per heavy atom. The molecule has 0 amide bonds. The first-order valence-electron chi connectivity index (χ1n) is 6.59. The molecule has 0 aliphatic carbocycles. The van der Waals surface area contributed by atoms with Gasteiger partial charge in [0.2, 0.25) is 0 Å². The molecule has 0 aromatic heterocycles. The lowest BCUT2D eigenvalue weighted by molar-refractivity contribution is 0.135. The summed E-state index contributed by atoms with van der Waals surface area (Å²) in [4.78, 5) is 5.00. The zero-order chi connectivity index (χ0) is 14.8. The van der Waals surface area contributed by atoms with Gasteiger partial charge in [0.05, 0.1) is 11.5 Å². The summed E-state index contributed by atoms with van der Waals surface area (Å²) < 4.78 is 24.8. The van der Waals surface area contributed by atoms with Crippen LogP contribution in [0.15, 0.2) is 23.1 Å². The van der Waals surface area contributed by atoms with E-state index in [2.05, 4.69) is 9.73 Å². The number of nitrogens with one attached hydrogen (secondary N) is 1. The van der Waals surface area contributed by atoms with Crippen molar-refractivity contribution in [3.05, 3.63) is 29.3 Å². The van der Waals surface area contributed by atoms with Crippen molar-refractivity contribution in [2.24, 2.45) is 0 Å². The largest absolute Gasteiger partial charge is 0.392 e. The molecule has 6 nitrogen and oxygen atoms in total. The van der Waals surface area contributed by atoms with Gasteiger partial charge in [-0.25, -0.2) is 13.4 Å². The third-order valence-corrected chi connectivity index (χ3v) is 4.99. The predicted molar refractivity (Wildman–Crippen MR) is 76.5 cm³/mol. The van der Waals surface area contributed by atoms with E-state index in [9.17, 15) is 8.42 Å². The maximum absolute atomic E-state index is 12.4. The zero-order valence-electron chi connectivity index (χ0n) is 11.8. The quantitative estimate of drug-likeness (QED) is 0.814. The van der Waals surface area contributed by atoms with Gasteiger partial charge in [-0.3, -0.25) is 0 Å². The fourth-order valence-electron chi connectivity index (χ4n) is 2.15. The number of rotatable bonds is 4. The highest BCUT2D eigenvalue weighted by molar-refractivity contribution is 7.89. The monoisotopic (exact) mass is 299 g/mol. The number of hydrazine groups is 1. The highest BCUT2D eigenvalue weighted by Crippen LogP contribution is 2.17. The van der Waals surface area contributed by atoms with Crippen LogP contribution in [0.5, 0.6) is 0 Å². The second kappa shape index (κ2) is 6.19. The lowest BCUT2D eigenvalue weighted by atomic mass is 10.2. The third kappa shape index (κ3) is 3.56. The summed E-state index contributed by atoms with van der Waals surface area (Å²) in [6.07, 6.45) is 0. The van der Waals surface area contributed by atoms with E-state index >= 15 is 0 Å². The van der Waals surface area contributed by atoms with Crippen LogP contribution in [0.25, 0.3) is 0 Å². The molecule has 0 radical (unpaired) electrons. The number of aliphatic hydroxyl groups is 1. The number of likely N-dealkylation sites (N-methyl/N-ethyl adjacent to an activating group) is 1. The molecule has 1 aliphatic heterocycles. The number of nitrogens with zero attached hydrogens (tertiary/aromatic N) is 2. The second-order valence-electron chi connectivity index (χ2n) is 5.14. The van der Waals surface area contributed by atoms with Crippen LogP contribution in [-0.4, -0.2) is 56.7 Å². The van der Waals surface area contributed by atoms with Gasteiger partial charge in [0, 0.05) is 26.2 Å². The average Bonchev–Trinajstić information content (AvgIpc) is 2.41. The molecule has 1 fully saturated rings. The van der Waals surface area contributed by atoms with Gasteiger partial charge in [-0.2, -0.15) is 0 Å². The van der Waals surface area contributed by atoms with Crippen LogP contribution in [-0.2, 0) is 16.6 Å². The Labute approximate surface area is 120 Å². The van der Waals surface area contributed by atoms with Crippen LogP contribution in [0.2, 0.25) is 0 Å². The van der Waals surface area contributed by atoms with Gasteiger partial charge < -0.3 is 10.0 Å². The van der Waals surface area contributed by atoms with Gasteiger partial charge in [0.15, 0.2) is 0 Å². The van der Waals surface area contributed by atoms with Crippen LogP contribution in [0.4, 0.5) is 0 Å². The third-order valence-electron chi connectivity index (χ3n) is 3.48. The minimum absolute atomic E-state index is 0.169. The molecule has 1 heterocycles.